The predicted octanol–water partition coefficient (Wildman–Crippen LogP) is 5.99. The van der Waals surface area contributed by atoms with Gasteiger partial charge in [-0.15, -0.1) is 0 Å². The molecule has 0 radical (unpaired) electrons. The molecule has 0 fully saturated rings. The van der Waals surface area contributed by atoms with Gasteiger partial charge in [-0.1, -0.05) is 91.0 Å². The molecule has 28 heavy (non-hydrogen) atoms. The third-order valence-corrected chi connectivity index (χ3v) is 5.19. The number of rotatable bonds is 7. The van der Waals surface area contributed by atoms with Crippen molar-refractivity contribution in [2.45, 2.75) is 12.2 Å². The van der Waals surface area contributed by atoms with Crippen molar-refractivity contribution in [2.75, 3.05) is 4.72 Å². The van der Waals surface area contributed by atoms with E-state index in [1.165, 1.54) is 11.1 Å². The highest BCUT2D eigenvalue weighted by atomic mass is 32.2. The molecule has 0 bridgehead atoms. The largest absolute Gasteiger partial charge is 0.313 e. The Morgan fingerprint density at radius 2 is 1.32 bits per heavy atom. The average Bonchev–Trinajstić information content (AvgIpc) is 2.77. The van der Waals surface area contributed by atoms with Crippen LogP contribution in [0.25, 0.3) is 11.3 Å². The van der Waals surface area contributed by atoms with Crippen LogP contribution in [0.2, 0.25) is 0 Å². The topological polar surface area (TPSA) is 37.8 Å². The van der Waals surface area contributed by atoms with E-state index in [1.54, 1.807) is 11.9 Å². The van der Waals surface area contributed by atoms with Gasteiger partial charge >= 0.3 is 0 Å². The first-order valence-corrected chi connectivity index (χ1v) is 10.2. The summed E-state index contributed by atoms with van der Waals surface area (Å²) in [6, 6.07) is 31.0. The van der Waals surface area contributed by atoms with Crippen molar-refractivity contribution in [3.05, 3.63) is 114 Å². The molecule has 1 N–H and O–H groups in total. The molecule has 4 aromatic rings. The van der Waals surface area contributed by atoms with Crippen LogP contribution in [0.5, 0.6) is 0 Å². The van der Waals surface area contributed by atoms with Gasteiger partial charge in [-0.05, 0) is 23.1 Å². The van der Waals surface area contributed by atoms with Crippen LogP contribution in [0.4, 0.5) is 5.82 Å². The van der Waals surface area contributed by atoms with Crippen LogP contribution < -0.4 is 4.72 Å². The second-order valence-corrected chi connectivity index (χ2v) is 7.24. The molecule has 0 saturated heterocycles. The van der Waals surface area contributed by atoms with Crippen molar-refractivity contribution in [1.82, 2.24) is 9.97 Å². The van der Waals surface area contributed by atoms with Crippen molar-refractivity contribution in [1.29, 1.82) is 0 Å². The molecular formula is C24H21N3S. The maximum absolute atomic E-state index is 4.93. The molecule has 0 atom stereocenters. The van der Waals surface area contributed by atoms with Crippen LogP contribution in [0.1, 0.15) is 16.8 Å². The number of aromatic nitrogens is 2. The smallest absolute Gasteiger partial charge is 0.158 e. The lowest BCUT2D eigenvalue weighted by molar-refractivity contribution is 1.05. The SMILES string of the molecule is c1ccc(CSNc2ncc(-c3ccccc3)nc2Cc2ccccc2)cc1. The molecule has 0 aliphatic heterocycles. The molecule has 0 spiro atoms. The number of nitrogens with zero attached hydrogens (tertiary/aromatic N) is 2. The third kappa shape index (κ3) is 4.78. The highest BCUT2D eigenvalue weighted by Gasteiger charge is 2.10. The second kappa shape index (κ2) is 9.20. The minimum Gasteiger partial charge on any atom is -0.313 e. The van der Waals surface area contributed by atoms with Gasteiger partial charge in [-0.2, -0.15) is 0 Å². The minimum atomic E-state index is 0.739. The van der Waals surface area contributed by atoms with Crippen molar-refractivity contribution in [2.24, 2.45) is 0 Å². The Balaban J connectivity index is 1.57. The lowest BCUT2D eigenvalue weighted by Crippen LogP contribution is -2.03. The summed E-state index contributed by atoms with van der Waals surface area (Å²) in [5.74, 6) is 1.69. The predicted molar refractivity (Wildman–Crippen MR) is 118 cm³/mol. The highest BCUT2D eigenvalue weighted by Crippen LogP contribution is 2.24. The van der Waals surface area contributed by atoms with Gasteiger partial charge in [-0.3, -0.25) is 0 Å². The van der Waals surface area contributed by atoms with Crippen LogP contribution in [-0.2, 0) is 12.2 Å². The summed E-state index contributed by atoms with van der Waals surface area (Å²) in [5, 5.41) is 0. The fraction of sp³-hybridized carbons (Fsp3) is 0.0833. The summed E-state index contributed by atoms with van der Waals surface area (Å²) in [6.45, 7) is 0. The number of benzene rings is 3. The lowest BCUT2D eigenvalue weighted by Gasteiger charge is -2.12. The summed E-state index contributed by atoms with van der Waals surface area (Å²) < 4.78 is 3.40. The Hall–Kier alpha value is -3.11. The van der Waals surface area contributed by atoms with E-state index in [-0.39, 0.29) is 0 Å². The quantitative estimate of drug-likeness (QED) is 0.398. The average molecular weight is 384 g/mol. The third-order valence-electron chi connectivity index (χ3n) is 4.38. The van der Waals surface area contributed by atoms with Gasteiger partial charge in [0.05, 0.1) is 17.6 Å². The molecule has 1 heterocycles. The van der Waals surface area contributed by atoms with Gasteiger partial charge in [0.15, 0.2) is 5.82 Å². The summed E-state index contributed by atoms with van der Waals surface area (Å²) >= 11 is 1.63. The van der Waals surface area contributed by atoms with E-state index in [1.807, 2.05) is 36.5 Å². The summed E-state index contributed by atoms with van der Waals surface area (Å²) in [7, 11) is 0. The van der Waals surface area contributed by atoms with Crippen LogP contribution in [0, 0.1) is 0 Å². The molecule has 0 unspecified atom stereocenters. The first-order valence-electron chi connectivity index (χ1n) is 9.25. The highest BCUT2D eigenvalue weighted by molar-refractivity contribution is 7.99. The molecule has 0 amide bonds. The van der Waals surface area contributed by atoms with E-state index in [0.29, 0.717) is 0 Å². The van der Waals surface area contributed by atoms with E-state index >= 15 is 0 Å². The standard InChI is InChI=1S/C24H21N3S/c1-4-10-19(11-5-1)16-22-24(27-28-18-20-12-6-2-7-13-20)25-17-23(26-22)21-14-8-3-9-15-21/h1-15,17H,16,18H2,(H,25,27). The minimum absolute atomic E-state index is 0.739. The molecule has 138 valence electrons. The van der Waals surface area contributed by atoms with E-state index in [4.69, 9.17) is 4.98 Å². The van der Waals surface area contributed by atoms with Gasteiger partial charge in [0.2, 0.25) is 0 Å². The molecule has 4 heteroatoms. The zero-order valence-electron chi connectivity index (χ0n) is 15.5. The molecule has 0 aliphatic carbocycles. The Morgan fingerprint density at radius 3 is 2.00 bits per heavy atom. The molecule has 0 saturated carbocycles. The van der Waals surface area contributed by atoms with Crippen LogP contribution in [-0.4, -0.2) is 9.97 Å². The molecule has 3 aromatic carbocycles. The Labute approximate surface area is 170 Å². The normalized spacial score (nSPS) is 10.6. The van der Waals surface area contributed by atoms with E-state index < -0.39 is 0 Å². The first-order chi connectivity index (χ1) is 13.9. The molecule has 1 aromatic heterocycles. The van der Waals surface area contributed by atoms with Gasteiger partial charge in [-0.25, -0.2) is 9.97 Å². The van der Waals surface area contributed by atoms with Crippen molar-refractivity contribution in [3.63, 3.8) is 0 Å². The molecule has 4 rings (SSSR count). The number of anilines is 1. The van der Waals surface area contributed by atoms with Crippen LogP contribution in [0.15, 0.2) is 97.2 Å². The zero-order valence-corrected chi connectivity index (χ0v) is 16.3. The van der Waals surface area contributed by atoms with E-state index in [9.17, 15) is 0 Å². The number of nitrogens with one attached hydrogen (secondary N) is 1. The molecule has 0 aliphatic rings. The fourth-order valence-corrected chi connectivity index (χ4v) is 3.67. The van der Waals surface area contributed by atoms with Crippen LogP contribution in [0.3, 0.4) is 0 Å². The maximum atomic E-state index is 4.93. The summed E-state index contributed by atoms with van der Waals surface area (Å²) in [6.07, 6.45) is 2.58. The van der Waals surface area contributed by atoms with E-state index in [0.717, 1.165) is 34.9 Å². The van der Waals surface area contributed by atoms with Crippen molar-refractivity contribution < 1.29 is 0 Å². The van der Waals surface area contributed by atoms with Gasteiger partial charge in [0.25, 0.3) is 0 Å². The Kier molecular flexibility index (Phi) is 6.00. The lowest BCUT2D eigenvalue weighted by atomic mass is 10.1. The monoisotopic (exact) mass is 383 g/mol. The van der Waals surface area contributed by atoms with Gasteiger partial charge in [0, 0.05) is 17.7 Å². The Bertz CT molecular complexity index is 1010. The van der Waals surface area contributed by atoms with Gasteiger partial charge in [0.1, 0.15) is 0 Å². The van der Waals surface area contributed by atoms with E-state index in [2.05, 4.69) is 70.4 Å². The number of hydrogen-bond donors (Lipinski definition) is 1. The summed E-state index contributed by atoms with van der Waals surface area (Å²) in [4.78, 5) is 9.61. The Morgan fingerprint density at radius 1 is 0.714 bits per heavy atom. The van der Waals surface area contributed by atoms with Gasteiger partial charge < -0.3 is 4.72 Å². The maximum Gasteiger partial charge on any atom is 0.158 e. The fourth-order valence-electron chi connectivity index (χ4n) is 2.94. The summed E-state index contributed by atoms with van der Waals surface area (Å²) in [5.41, 5.74) is 5.42. The van der Waals surface area contributed by atoms with Crippen molar-refractivity contribution in [3.8, 4) is 11.3 Å². The first kappa shape index (κ1) is 18.3. The number of hydrogen-bond acceptors (Lipinski definition) is 4. The molecule has 3 nitrogen and oxygen atoms in total. The van der Waals surface area contributed by atoms with Crippen molar-refractivity contribution >= 4 is 17.8 Å². The van der Waals surface area contributed by atoms with Crippen LogP contribution >= 0.6 is 11.9 Å². The molecular weight excluding hydrogens is 362 g/mol. The second-order valence-electron chi connectivity index (χ2n) is 6.46. The zero-order chi connectivity index (χ0) is 19.0.